The third-order valence-electron chi connectivity index (χ3n) is 3.12. The van der Waals surface area contributed by atoms with Gasteiger partial charge in [-0.3, -0.25) is 4.99 Å². The number of aliphatic imine (C=N–C) groups is 1. The summed E-state index contributed by atoms with van der Waals surface area (Å²) >= 11 is 5.90. The summed E-state index contributed by atoms with van der Waals surface area (Å²) in [5.74, 6) is -0.351. The number of H-pyrrole nitrogens is 1. The van der Waals surface area contributed by atoms with E-state index in [0.717, 1.165) is 0 Å². The Kier molecular flexibility index (Phi) is 3.39. The maximum absolute atomic E-state index is 14.1. The highest BCUT2D eigenvalue weighted by Crippen LogP contribution is 2.31. The molecule has 21 heavy (non-hydrogen) atoms. The van der Waals surface area contributed by atoms with Crippen LogP contribution in [0, 0.1) is 12.7 Å². The molecule has 3 aromatic rings. The molecule has 0 bridgehead atoms. The molecule has 7 heteroatoms. The molecule has 0 unspecified atom stereocenters. The highest BCUT2D eigenvalue weighted by molar-refractivity contribution is 6.28. The van der Waals surface area contributed by atoms with E-state index in [1.165, 1.54) is 12.4 Å². The first-order valence-electron chi connectivity index (χ1n) is 6.26. The van der Waals surface area contributed by atoms with Crippen LogP contribution in [0.3, 0.4) is 0 Å². The van der Waals surface area contributed by atoms with E-state index in [2.05, 4.69) is 24.9 Å². The molecule has 0 saturated heterocycles. The van der Waals surface area contributed by atoms with Gasteiger partial charge < -0.3 is 4.98 Å². The number of fused-ring (bicyclic) bond motifs is 1. The van der Waals surface area contributed by atoms with E-state index in [1.807, 2.05) is 0 Å². The fraction of sp³-hybridized carbons (Fsp3) is 0.143. The van der Waals surface area contributed by atoms with Crippen LogP contribution in [-0.2, 0) is 0 Å². The van der Waals surface area contributed by atoms with E-state index >= 15 is 0 Å². The lowest BCUT2D eigenvalue weighted by Crippen LogP contribution is -1.93. The van der Waals surface area contributed by atoms with Gasteiger partial charge in [-0.05, 0) is 37.6 Å². The van der Waals surface area contributed by atoms with Gasteiger partial charge in [0.1, 0.15) is 17.0 Å². The Bertz CT molecular complexity index is 856. The topological polar surface area (TPSA) is 66.8 Å². The van der Waals surface area contributed by atoms with Crippen LogP contribution < -0.4 is 0 Å². The molecule has 0 spiro atoms. The van der Waals surface area contributed by atoms with Crippen LogP contribution in [0.2, 0.25) is 5.28 Å². The van der Waals surface area contributed by atoms with E-state index in [4.69, 9.17) is 11.6 Å². The van der Waals surface area contributed by atoms with Gasteiger partial charge in [0.15, 0.2) is 5.65 Å². The zero-order valence-electron chi connectivity index (χ0n) is 11.4. The highest BCUT2D eigenvalue weighted by Gasteiger charge is 2.14. The number of aromatic nitrogens is 4. The van der Waals surface area contributed by atoms with Crippen molar-refractivity contribution in [3.8, 4) is 11.3 Å². The van der Waals surface area contributed by atoms with Crippen molar-refractivity contribution in [2.75, 3.05) is 0 Å². The zero-order valence-corrected chi connectivity index (χ0v) is 12.1. The van der Waals surface area contributed by atoms with E-state index in [-0.39, 0.29) is 11.1 Å². The summed E-state index contributed by atoms with van der Waals surface area (Å²) in [7, 11) is 0. The van der Waals surface area contributed by atoms with Crippen LogP contribution >= 0.6 is 11.6 Å². The zero-order chi connectivity index (χ0) is 15.0. The lowest BCUT2D eigenvalue weighted by molar-refractivity contribution is 0.619. The van der Waals surface area contributed by atoms with Crippen molar-refractivity contribution in [2.45, 2.75) is 13.8 Å². The normalized spacial score (nSPS) is 11.6. The fourth-order valence-corrected chi connectivity index (χ4v) is 2.25. The molecule has 0 amide bonds. The Morgan fingerprint density at radius 2 is 2.14 bits per heavy atom. The SMILES string of the molecule is CC=Nc1cc(-c2nc(Cl)nc3nc[nH]c23)cc(F)c1C. The molecular weight excluding hydrogens is 293 g/mol. The first-order chi connectivity index (χ1) is 10.1. The summed E-state index contributed by atoms with van der Waals surface area (Å²) < 4.78 is 14.1. The van der Waals surface area contributed by atoms with Crippen LogP contribution in [0.15, 0.2) is 23.5 Å². The molecule has 106 valence electrons. The van der Waals surface area contributed by atoms with Gasteiger partial charge in [-0.25, -0.2) is 14.4 Å². The monoisotopic (exact) mass is 303 g/mol. The minimum Gasteiger partial charge on any atom is -0.341 e. The summed E-state index contributed by atoms with van der Waals surface area (Å²) in [4.78, 5) is 19.4. The fourth-order valence-electron chi connectivity index (χ4n) is 2.09. The van der Waals surface area contributed by atoms with Gasteiger partial charge in [-0.1, -0.05) is 0 Å². The minimum atomic E-state index is -0.351. The third kappa shape index (κ3) is 2.38. The van der Waals surface area contributed by atoms with Crippen molar-refractivity contribution in [1.29, 1.82) is 0 Å². The lowest BCUT2D eigenvalue weighted by Gasteiger charge is -2.07. The molecule has 2 aromatic heterocycles. The van der Waals surface area contributed by atoms with Gasteiger partial charge in [0, 0.05) is 17.3 Å². The number of hydrogen-bond acceptors (Lipinski definition) is 4. The van der Waals surface area contributed by atoms with Gasteiger partial charge >= 0.3 is 0 Å². The van der Waals surface area contributed by atoms with Crippen LogP contribution in [0.1, 0.15) is 12.5 Å². The number of rotatable bonds is 2. The van der Waals surface area contributed by atoms with Crippen LogP contribution in [0.4, 0.5) is 10.1 Å². The van der Waals surface area contributed by atoms with E-state index in [0.29, 0.717) is 33.7 Å². The second kappa shape index (κ2) is 5.21. The van der Waals surface area contributed by atoms with Crippen molar-refractivity contribution >= 4 is 34.7 Å². The first kappa shape index (κ1) is 13.6. The Balaban J connectivity index is 2.30. The lowest BCUT2D eigenvalue weighted by atomic mass is 10.1. The Morgan fingerprint density at radius 3 is 2.90 bits per heavy atom. The van der Waals surface area contributed by atoms with E-state index < -0.39 is 0 Å². The number of nitrogens with one attached hydrogen (secondary N) is 1. The summed E-state index contributed by atoms with van der Waals surface area (Å²) in [6.45, 7) is 3.46. The van der Waals surface area contributed by atoms with Crippen molar-refractivity contribution in [3.05, 3.63) is 35.1 Å². The molecule has 1 aromatic carbocycles. The molecular formula is C14H11ClFN5. The molecule has 0 atom stereocenters. The number of nitrogens with zero attached hydrogens (tertiary/aromatic N) is 4. The van der Waals surface area contributed by atoms with Crippen molar-refractivity contribution in [1.82, 2.24) is 19.9 Å². The molecule has 5 nitrogen and oxygen atoms in total. The van der Waals surface area contributed by atoms with Crippen molar-refractivity contribution in [3.63, 3.8) is 0 Å². The number of hydrogen-bond donors (Lipinski definition) is 1. The second-order valence-corrected chi connectivity index (χ2v) is 4.77. The average Bonchev–Trinajstić information content (AvgIpc) is 2.91. The predicted octanol–water partition coefficient (Wildman–Crippen LogP) is 3.84. The molecule has 0 aliphatic rings. The van der Waals surface area contributed by atoms with Gasteiger partial charge in [0.25, 0.3) is 0 Å². The Morgan fingerprint density at radius 1 is 1.33 bits per heavy atom. The van der Waals surface area contributed by atoms with Crippen molar-refractivity contribution < 1.29 is 4.39 Å². The van der Waals surface area contributed by atoms with Gasteiger partial charge in [-0.15, -0.1) is 0 Å². The smallest absolute Gasteiger partial charge is 0.225 e. The maximum atomic E-state index is 14.1. The molecule has 2 heterocycles. The van der Waals surface area contributed by atoms with Crippen LogP contribution in [-0.4, -0.2) is 26.2 Å². The molecule has 1 N–H and O–H groups in total. The average molecular weight is 304 g/mol. The second-order valence-electron chi connectivity index (χ2n) is 4.43. The summed E-state index contributed by atoms with van der Waals surface area (Å²) in [6.07, 6.45) is 3.11. The molecule has 0 aliphatic heterocycles. The number of aromatic amines is 1. The van der Waals surface area contributed by atoms with Crippen LogP contribution in [0.5, 0.6) is 0 Å². The van der Waals surface area contributed by atoms with Crippen LogP contribution in [0.25, 0.3) is 22.4 Å². The predicted molar refractivity (Wildman–Crippen MR) is 80.7 cm³/mol. The summed E-state index contributed by atoms with van der Waals surface area (Å²) in [6, 6.07) is 3.17. The molecule has 0 saturated carbocycles. The number of imidazole rings is 1. The summed E-state index contributed by atoms with van der Waals surface area (Å²) in [5.41, 5.74) is 3.14. The maximum Gasteiger partial charge on any atom is 0.225 e. The highest BCUT2D eigenvalue weighted by atomic mass is 35.5. The minimum absolute atomic E-state index is 0.0612. The van der Waals surface area contributed by atoms with Gasteiger partial charge in [-0.2, -0.15) is 4.98 Å². The molecule has 0 aliphatic carbocycles. The molecule has 0 radical (unpaired) electrons. The quantitative estimate of drug-likeness (QED) is 0.577. The Labute approximate surface area is 124 Å². The molecule has 0 fully saturated rings. The molecule has 3 rings (SSSR count). The largest absolute Gasteiger partial charge is 0.341 e. The standard InChI is InChI=1S/C14H11ClFN5/c1-3-17-10-5-8(4-9(16)7(10)2)11-12-13(19-6-18-12)21-14(15)20-11/h3-6H,1-2H3,(H,18,19,20,21). The Hall–Kier alpha value is -2.34. The van der Waals surface area contributed by atoms with Gasteiger partial charge in [0.2, 0.25) is 5.28 Å². The summed E-state index contributed by atoms with van der Waals surface area (Å²) in [5, 5.41) is 0.0612. The number of halogens is 2. The van der Waals surface area contributed by atoms with Gasteiger partial charge in [0.05, 0.1) is 12.0 Å². The van der Waals surface area contributed by atoms with E-state index in [1.54, 1.807) is 26.1 Å². The first-order valence-corrected chi connectivity index (χ1v) is 6.63. The van der Waals surface area contributed by atoms with Crippen molar-refractivity contribution in [2.24, 2.45) is 4.99 Å². The number of benzene rings is 1. The third-order valence-corrected chi connectivity index (χ3v) is 3.29. The van der Waals surface area contributed by atoms with E-state index in [9.17, 15) is 4.39 Å².